The van der Waals surface area contributed by atoms with Crippen molar-refractivity contribution in [1.82, 2.24) is 0 Å². The second-order valence-electron chi connectivity index (χ2n) is 6.67. The molecule has 0 saturated carbocycles. The number of hydrogen-bond acceptors (Lipinski definition) is 2. The molecule has 0 aromatic heterocycles. The Hall–Kier alpha value is -2.78. The van der Waals surface area contributed by atoms with Crippen LogP contribution in [-0.2, 0) is 4.79 Å². The Morgan fingerprint density at radius 2 is 1.48 bits per heavy atom. The number of halogens is 1. The van der Waals surface area contributed by atoms with E-state index >= 15 is 0 Å². The Kier molecular flexibility index (Phi) is 5.82. The Balaban J connectivity index is 1.60. The third kappa shape index (κ3) is 4.89. The topological polar surface area (TPSA) is 38.3 Å². The Bertz CT molecular complexity index is 924. The van der Waals surface area contributed by atoms with Crippen molar-refractivity contribution in [1.29, 1.82) is 0 Å². The van der Waals surface area contributed by atoms with Crippen LogP contribution < -0.4 is 10.1 Å². The largest absolute Gasteiger partial charge is 0.484 e. The molecule has 0 fully saturated rings. The molecule has 3 aromatic rings. The molecule has 0 unspecified atom stereocenters. The molecular formula is C23H22ClNO2. The first-order valence-corrected chi connectivity index (χ1v) is 9.16. The molecule has 0 bridgehead atoms. The van der Waals surface area contributed by atoms with Gasteiger partial charge in [0.15, 0.2) is 6.61 Å². The van der Waals surface area contributed by atoms with Gasteiger partial charge in [-0.3, -0.25) is 4.79 Å². The van der Waals surface area contributed by atoms with Gasteiger partial charge in [-0.15, -0.1) is 0 Å². The molecule has 0 radical (unpaired) electrons. The summed E-state index contributed by atoms with van der Waals surface area (Å²) in [7, 11) is 0. The van der Waals surface area contributed by atoms with E-state index in [1.165, 1.54) is 5.56 Å². The molecule has 1 amide bonds. The number of amides is 1. The highest BCUT2D eigenvalue weighted by Crippen LogP contribution is 2.27. The van der Waals surface area contributed by atoms with E-state index in [0.29, 0.717) is 16.5 Å². The van der Waals surface area contributed by atoms with Gasteiger partial charge in [0.05, 0.1) is 10.7 Å². The van der Waals surface area contributed by atoms with Crippen molar-refractivity contribution in [3.63, 3.8) is 0 Å². The molecule has 0 atom stereocenters. The maximum atomic E-state index is 12.2. The van der Waals surface area contributed by atoms with Gasteiger partial charge in [-0.1, -0.05) is 59.6 Å². The summed E-state index contributed by atoms with van der Waals surface area (Å²) in [4.78, 5) is 12.2. The van der Waals surface area contributed by atoms with Crippen molar-refractivity contribution in [2.75, 3.05) is 11.9 Å². The first-order valence-electron chi connectivity index (χ1n) is 8.79. The van der Waals surface area contributed by atoms with Crippen LogP contribution in [0.4, 0.5) is 5.69 Å². The lowest BCUT2D eigenvalue weighted by Gasteiger charge is -2.12. The molecule has 27 heavy (non-hydrogen) atoms. The van der Waals surface area contributed by atoms with Crippen LogP contribution in [0, 0.1) is 20.8 Å². The summed E-state index contributed by atoms with van der Waals surface area (Å²) in [5, 5.41) is 3.35. The lowest BCUT2D eigenvalue weighted by molar-refractivity contribution is -0.118. The quantitative estimate of drug-likeness (QED) is 0.594. The van der Waals surface area contributed by atoms with Crippen LogP contribution in [0.5, 0.6) is 5.75 Å². The van der Waals surface area contributed by atoms with Gasteiger partial charge in [0.1, 0.15) is 5.75 Å². The van der Waals surface area contributed by atoms with E-state index in [1.807, 2.05) is 50.2 Å². The molecule has 0 saturated heterocycles. The van der Waals surface area contributed by atoms with E-state index in [-0.39, 0.29) is 12.5 Å². The van der Waals surface area contributed by atoms with Gasteiger partial charge >= 0.3 is 0 Å². The van der Waals surface area contributed by atoms with E-state index < -0.39 is 0 Å². The first-order chi connectivity index (χ1) is 12.9. The summed E-state index contributed by atoms with van der Waals surface area (Å²) < 4.78 is 5.60. The number of rotatable bonds is 5. The minimum Gasteiger partial charge on any atom is -0.484 e. The van der Waals surface area contributed by atoms with Gasteiger partial charge in [0.2, 0.25) is 0 Å². The van der Waals surface area contributed by atoms with Crippen LogP contribution in [0.3, 0.4) is 0 Å². The van der Waals surface area contributed by atoms with E-state index in [1.54, 1.807) is 0 Å². The Labute approximate surface area is 164 Å². The number of nitrogens with one attached hydrogen (secondary N) is 1. The summed E-state index contributed by atoms with van der Waals surface area (Å²) in [5.41, 5.74) is 6.10. The average molecular weight is 380 g/mol. The van der Waals surface area contributed by atoms with E-state index in [2.05, 4.69) is 36.5 Å². The fourth-order valence-corrected chi connectivity index (χ4v) is 3.26. The van der Waals surface area contributed by atoms with Crippen molar-refractivity contribution in [2.24, 2.45) is 0 Å². The van der Waals surface area contributed by atoms with Gasteiger partial charge in [0.25, 0.3) is 5.91 Å². The number of anilines is 1. The number of benzene rings is 3. The van der Waals surface area contributed by atoms with Gasteiger partial charge < -0.3 is 10.1 Å². The number of hydrogen-bond donors (Lipinski definition) is 1. The van der Waals surface area contributed by atoms with Crippen LogP contribution in [0.25, 0.3) is 11.1 Å². The lowest BCUT2D eigenvalue weighted by atomic mass is 10.0. The van der Waals surface area contributed by atoms with Crippen molar-refractivity contribution in [3.05, 3.63) is 82.4 Å². The van der Waals surface area contributed by atoms with Gasteiger partial charge in [-0.05, 0) is 61.2 Å². The fourth-order valence-electron chi connectivity index (χ4n) is 2.89. The summed E-state index contributed by atoms with van der Waals surface area (Å²) in [6, 6.07) is 19.9. The number of carbonyl (C=O) groups excluding carboxylic acids is 1. The zero-order valence-electron chi connectivity index (χ0n) is 15.7. The highest BCUT2D eigenvalue weighted by atomic mass is 35.5. The third-order valence-electron chi connectivity index (χ3n) is 4.31. The van der Waals surface area contributed by atoms with Crippen molar-refractivity contribution in [2.45, 2.75) is 20.8 Å². The molecule has 0 heterocycles. The highest BCUT2D eigenvalue weighted by Gasteiger charge is 2.10. The maximum Gasteiger partial charge on any atom is 0.262 e. The molecule has 0 spiro atoms. The standard InChI is InChI=1S/C23H22ClNO2/c1-15-4-6-18(7-5-15)19-8-10-20(11-9-19)27-14-22(26)25-23-17(3)12-16(2)13-21(23)24/h4-13H,14H2,1-3H3,(H,25,26). The number of ether oxygens (including phenoxy) is 1. The number of aryl methyl sites for hydroxylation is 3. The third-order valence-corrected chi connectivity index (χ3v) is 4.60. The van der Waals surface area contributed by atoms with E-state index in [9.17, 15) is 4.79 Å². The lowest BCUT2D eigenvalue weighted by Crippen LogP contribution is -2.21. The zero-order chi connectivity index (χ0) is 19.4. The summed E-state index contributed by atoms with van der Waals surface area (Å²) in [6.45, 7) is 5.87. The zero-order valence-corrected chi connectivity index (χ0v) is 16.4. The molecule has 4 heteroatoms. The Morgan fingerprint density at radius 1 is 0.889 bits per heavy atom. The molecule has 138 valence electrons. The minimum absolute atomic E-state index is 0.0759. The number of carbonyl (C=O) groups is 1. The minimum atomic E-state index is -0.244. The molecule has 3 aromatic carbocycles. The molecule has 0 aliphatic carbocycles. The second-order valence-corrected chi connectivity index (χ2v) is 7.07. The van der Waals surface area contributed by atoms with Crippen LogP contribution >= 0.6 is 11.6 Å². The summed E-state index contributed by atoms with van der Waals surface area (Å²) in [5.74, 6) is 0.402. The van der Waals surface area contributed by atoms with Gasteiger partial charge in [-0.2, -0.15) is 0 Å². The molecular weight excluding hydrogens is 358 g/mol. The normalized spacial score (nSPS) is 10.5. The van der Waals surface area contributed by atoms with Crippen molar-refractivity contribution < 1.29 is 9.53 Å². The monoisotopic (exact) mass is 379 g/mol. The predicted molar refractivity (Wildman–Crippen MR) is 112 cm³/mol. The van der Waals surface area contributed by atoms with Crippen LogP contribution in [0.15, 0.2) is 60.7 Å². The van der Waals surface area contributed by atoms with Crippen LogP contribution in [0.2, 0.25) is 5.02 Å². The highest BCUT2D eigenvalue weighted by molar-refractivity contribution is 6.34. The van der Waals surface area contributed by atoms with Gasteiger partial charge in [-0.25, -0.2) is 0 Å². The smallest absolute Gasteiger partial charge is 0.262 e. The first kappa shape index (κ1) is 19.0. The van der Waals surface area contributed by atoms with E-state index in [0.717, 1.165) is 22.3 Å². The van der Waals surface area contributed by atoms with Gasteiger partial charge in [0, 0.05) is 0 Å². The molecule has 0 aliphatic rings. The average Bonchev–Trinajstić information content (AvgIpc) is 2.64. The molecule has 1 N–H and O–H groups in total. The van der Waals surface area contributed by atoms with Crippen LogP contribution in [-0.4, -0.2) is 12.5 Å². The predicted octanol–water partition coefficient (Wildman–Crippen LogP) is 5.95. The van der Waals surface area contributed by atoms with Crippen molar-refractivity contribution >= 4 is 23.2 Å². The second kappa shape index (κ2) is 8.28. The SMILES string of the molecule is Cc1ccc(-c2ccc(OCC(=O)Nc3c(C)cc(C)cc3Cl)cc2)cc1. The Morgan fingerprint density at radius 3 is 2.07 bits per heavy atom. The van der Waals surface area contributed by atoms with Crippen molar-refractivity contribution in [3.8, 4) is 16.9 Å². The van der Waals surface area contributed by atoms with Crippen LogP contribution in [0.1, 0.15) is 16.7 Å². The maximum absolute atomic E-state index is 12.2. The van der Waals surface area contributed by atoms with E-state index in [4.69, 9.17) is 16.3 Å². The summed E-state index contributed by atoms with van der Waals surface area (Å²) in [6.07, 6.45) is 0. The molecule has 3 nitrogen and oxygen atoms in total. The fraction of sp³-hybridized carbons (Fsp3) is 0.174. The molecule has 3 rings (SSSR count). The molecule has 0 aliphatic heterocycles. The summed E-state index contributed by atoms with van der Waals surface area (Å²) >= 11 is 6.23.